The van der Waals surface area contributed by atoms with Crippen molar-refractivity contribution in [1.82, 2.24) is 0 Å². The second kappa shape index (κ2) is 6.93. The van der Waals surface area contributed by atoms with E-state index >= 15 is 0 Å². The molecule has 2 aliphatic rings. The Bertz CT molecular complexity index is 600. The Morgan fingerprint density at radius 1 is 1.52 bits per heavy atom. The molecule has 1 aliphatic heterocycles. The fourth-order valence-corrected chi connectivity index (χ4v) is 3.74. The minimum absolute atomic E-state index is 0.0482. The van der Waals surface area contributed by atoms with Crippen molar-refractivity contribution in [1.29, 1.82) is 0 Å². The van der Waals surface area contributed by atoms with Gasteiger partial charge in [-0.25, -0.2) is 0 Å². The van der Waals surface area contributed by atoms with Crippen LogP contribution in [0.4, 0.5) is 0 Å². The van der Waals surface area contributed by atoms with E-state index in [4.69, 9.17) is 21.1 Å². The van der Waals surface area contributed by atoms with E-state index in [1.165, 1.54) is 0 Å². The third-order valence-corrected chi connectivity index (χ3v) is 4.93. The molecule has 1 saturated heterocycles. The Labute approximate surface area is 141 Å². The molecule has 5 atom stereocenters. The van der Waals surface area contributed by atoms with Gasteiger partial charge in [-0.1, -0.05) is 36.7 Å². The summed E-state index contributed by atoms with van der Waals surface area (Å²) in [6, 6.07) is 7.08. The number of carbonyl (C=O) groups excluding carboxylic acids is 1. The molecule has 5 heteroatoms. The maximum absolute atomic E-state index is 11.4. The van der Waals surface area contributed by atoms with E-state index in [-0.39, 0.29) is 30.5 Å². The van der Waals surface area contributed by atoms with Gasteiger partial charge in [-0.15, -0.1) is 0 Å². The maximum Gasteiger partial charge on any atom is 0.306 e. The summed E-state index contributed by atoms with van der Waals surface area (Å²) in [5.74, 6) is 1.50. The topological polar surface area (TPSA) is 55.8 Å². The highest BCUT2D eigenvalue weighted by Gasteiger charge is 2.47. The second-order valence-corrected chi connectivity index (χ2v) is 6.84. The summed E-state index contributed by atoms with van der Waals surface area (Å²) >= 11 is 5.89. The van der Waals surface area contributed by atoms with E-state index in [0.717, 1.165) is 6.42 Å². The number of rotatable bonds is 5. The van der Waals surface area contributed by atoms with Crippen molar-refractivity contribution in [2.24, 2.45) is 17.8 Å². The molecule has 4 nitrogen and oxygen atoms in total. The summed E-state index contributed by atoms with van der Waals surface area (Å²) in [5.41, 5.74) is 0. The third kappa shape index (κ3) is 3.88. The van der Waals surface area contributed by atoms with Crippen LogP contribution in [0, 0.1) is 17.8 Å². The van der Waals surface area contributed by atoms with Crippen LogP contribution in [-0.4, -0.2) is 29.9 Å². The maximum atomic E-state index is 11.4. The van der Waals surface area contributed by atoms with Crippen molar-refractivity contribution >= 4 is 17.6 Å². The number of allylic oxidation sites excluding steroid dienone is 1. The van der Waals surface area contributed by atoms with Crippen molar-refractivity contribution < 1.29 is 19.4 Å². The van der Waals surface area contributed by atoms with Gasteiger partial charge in [-0.05, 0) is 36.5 Å². The zero-order valence-electron chi connectivity index (χ0n) is 13.0. The number of aliphatic hydroxyl groups is 1. The lowest BCUT2D eigenvalue weighted by atomic mass is 9.88. The number of ether oxygens (including phenoxy) is 2. The van der Waals surface area contributed by atoms with Gasteiger partial charge in [0.05, 0.1) is 6.42 Å². The normalized spacial score (nSPS) is 31.2. The van der Waals surface area contributed by atoms with Gasteiger partial charge >= 0.3 is 5.97 Å². The van der Waals surface area contributed by atoms with Crippen LogP contribution in [0.5, 0.6) is 5.75 Å². The number of esters is 1. The first kappa shape index (κ1) is 16.3. The largest absolute Gasteiger partial charge is 0.491 e. The van der Waals surface area contributed by atoms with Crippen molar-refractivity contribution in [3.63, 3.8) is 0 Å². The Hall–Kier alpha value is -1.52. The predicted molar refractivity (Wildman–Crippen MR) is 87.4 cm³/mol. The molecule has 124 valence electrons. The Balaban J connectivity index is 1.53. The highest BCUT2D eigenvalue weighted by Crippen LogP contribution is 2.45. The number of aliphatic hydroxyl groups excluding tert-OH is 1. The molecule has 0 radical (unpaired) electrons. The minimum atomic E-state index is -0.696. The minimum Gasteiger partial charge on any atom is -0.491 e. The van der Waals surface area contributed by atoms with Gasteiger partial charge in [-0.2, -0.15) is 0 Å². The van der Waals surface area contributed by atoms with Gasteiger partial charge < -0.3 is 14.6 Å². The summed E-state index contributed by atoms with van der Waals surface area (Å²) in [4.78, 5) is 11.4. The van der Waals surface area contributed by atoms with Gasteiger partial charge in [0.1, 0.15) is 24.6 Å². The highest BCUT2D eigenvalue weighted by molar-refractivity contribution is 6.30. The lowest BCUT2D eigenvalue weighted by Gasteiger charge is -2.16. The number of carbonyl (C=O) groups is 1. The molecule has 0 bridgehead atoms. The molecule has 1 N–H and O–H groups in total. The third-order valence-electron chi connectivity index (χ3n) is 4.69. The molecule has 23 heavy (non-hydrogen) atoms. The van der Waals surface area contributed by atoms with Crippen LogP contribution in [0.1, 0.15) is 19.8 Å². The first-order chi connectivity index (χ1) is 11.0. The molecule has 0 aromatic heterocycles. The second-order valence-electron chi connectivity index (χ2n) is 6.41. The predicted octanol–water partition coefficient (Wildman–Crippen LogP) is 3.22. The molecule has 0 spiro atoms. The van der Waals surface area contributed by atoms with Gasteiger partial charge in [0.25, 0.3) is 0 Å². The van der Waals surface area contributed by atoms with Crippen LogP contribution < -0.4 is 4.74 Å². The fourth-order valence-electron chi connectivity index (χ4n) is 3.56. The number of fused-ring (bicyclic) bond motifs is 1. The van der Waals surface area contributed by atoms with Gasteiger partial charge in [0.15, 0.2) is 0 Å². The summed E-state index contributed by atoms with van der Waals surface area (Å²) in [5, 5.41) is 10.7. The zero-order valence-corrected chi connectivity index (χ0v) is 13.8. The first-order valence-electron chi connectivity index (χ1n) is 7.97. The van der Waals surface area contributed by atoms with Crippen molar-refractivity contribution in [2.75, 3.05) is 6.61 Å². The van der Waals surface area contributed by atoms with Crippen molar-refractivity contribution in [3.8, 4) is 5.75 Å². The van der Waals surface area contributed by atoms with Crippen LogP contribution in [0.25, 0.3) is 0 Å². The summed E-state index contributed by atoms with van der Waals surface area (Å²) < 4.78 is 10.9. The number of hydrogen-bond acceptors (Lipinski definition) is 4. The molecule has 0 amide bonds. The summed E-state index contributed by atoms with van der Waals surface area (Å²) in [7, 11) is 0. The molecule has 3 rings (SSSR count). The smallest absolute Gasteiger partial charge is 0.306 e. The van der Waals surface area contributed by atoms with E-state index in [9.17, 15) is 9.90 Å². The average molecular weight is 337 g/mol. The lowest BCUT2D eigenvalue weighted by molar-refractivity contribution is -0.141. The highest BCUT2D eigenvalue weighted by atomic mass is 35.5. The van der Waals surface area contributed by atoms with Crippen LogP contribution in [0.2, 0.25) is 5.02 Å². The SMILES string of the molecule is C[C@H]1C[C@H]2OC(=O)C[C@H]2[C@@H]1/C=C/[C@H](O)COc1cccc(Cl)c1. The van der Waals surface area contributed by atoms with Crippen LogP contribution in [0.15, 0.2) is 36.4 Å². The molecule has 2 fully saturated rings. The van der Waals surface area contributed by atoms with Crippen molar-refractivity contribution in [2.45, 2.75) is 32.0 Å². The van der Waals surface area contributed by atoms with Crippen LogP contribution in [0.3, 0.4) is 0 Å². The number of benzene rings is 1. The Morgan fingerprint density at radius 3 is 3.13 bits per heavy atom. The van der Waals surface area contributed by atoms with E-state index in [1.807, 2.05) is 6.08 Å². The van der Waals surface area contributed by atoms with E-state index in [2.05, 4.69) is 6.92 Å². The van der Waals surface area contributed by atoms with E-state index in [1.54, 1.807) is 30.3 Å². The molecule has 1 saturated carbocycles. The fraction of sp³-hybridized carbons (Fsp3) is 0.500. The standard InChI is InChI=1S/C18H21ClO4/c1-11-7-17-16(9-18(21)23-17)15(11)6-5-13(20)10-22-14-4-2-3-12(19)8-14/h2-6,8,11,13,15-17,20H,7,9-10H2,1H3/b6-5+/t11-,13-,15+,16-,17+/m0/s1. The van der Waals surface area contributed by atoms with Crippen molar-refractivity contribution in [3.05, 3.63) is 41.4 Å². The van der Waals surface area contributed by atoms with Gasteiger partial charge in [0, 0.05) is 10.9 Å². The van der Waals surface area contributed by atoms with E-state index in [0.29, 0.717) is 23.1 Å². The molecule has 0 unspecified atom stereocenters. The Kier molecular flexibility index (Phi) is 4.93. The molecular weight excluding hydrogens is 316 g/mol. The molecule has 1 heterocycles. The molecule has 1 aromatic rings. The zero-order chi connectivity index (χ0) is 16.4. The van der Waals surface area contributed by atoms with Crippen LogP contribution in [-0.2, 0) is 9.53 Å². The lowest BCUT2D eigenvalue weighted by Crippen LogP contribution is -2.17. The molecular formula is C18H21ClO4. The first-order valence-corrected chi connectivity index (χ1v) is 8.35. The quantitative estimate of drug-likeness (QED) is 0.662. The van der Waals surface area contributed by atoms with Crippen LogP contribution >= 0.6 is 11.6 Å². The Morgan fingerprint density at radius 2 is 2.35 bits per heavy atom. The monoisotopic (exact) mass is 336 g/mol. The number of halogens is 1. The van der Waals surface area contributed by atoms with Gasteiger partial charge in [-0.3, -0.25) is 4.79 Å². The van der Waals surface area contributed by atoms with Gasteiger partial charge in [0.2, 0.25) is 0 Å². The molecule has 1 aromatic carbocycles. The number of hydrogen-bond donors (Lipinski definition) is 1. The average Bonchev–Trinajstić information content (AvgIpc) is 2.98. The summed E-state index contributed by atoms with van der Waals surface area (Å²) in [6.45, 7) is 2.33. The summed E-state index contributed by atoms with van der Waals surface area (Å²) in [6.07, 6.45) is 4.52. The molecule has 1 aliphatic carbocycles. The van der Waals surface area contributed by atoms with E-state index < -0.39 is 6.10 Å².